The Balaban J connectivity index is 1.56. The maximum absolute atomic E-state index is 12.0. The molecule has 0 bridgehead atoms. The second-order valence-corrected chi connectivity index (χ2v) is 13.4. The summed E-state index contributed by atoms with van der Waals surface area (Å²) in [5.74, 6) is 3.53. The predicted octanol–water partition coefficient (Wildman–Crippen LogP) is 6.59. The van der Waals surface area contributed by atoms with Crippen molar-refractivity contribution < 1.29 is 19.8 Å². The quantitative estimate of drug-likeness (QED) is 0.258. The molecule has 4 fully saturated rings. The van der Waals surface area contributed by atoms with Crippen molar-refractivity contribution in [2.75, 3.05) is 0 Å². The summed E-state index contributed by atoms with van der Waals surface area (Å²) in [6, 6.07) is 0. The van der Waals surface area contributed by atoms with E-state index in [0.29, 0.717) is 41.7 Å². The molecule has 0 saturated heterocycles. The van der Waals surface area contributed by atoms with E-state index in [2.05, 4.69) is 39.8 Å². The molecule has 0 aromatic heterocycles. The van der Waals surface area contributed by atoms with Gasteiger partial charge in [-0.2, -0.15) is 0 Å². The van der Waals surface area contributed by atoms with Crippen molar-refractivity contribution in [1.29, 1.82) is 0 Å². The largest absolute Gasteiger partial charge is 0.462 e. The number of fused-ring (bicyclic) bond motifs is 5. The Bertz CT molecular complexity index is 795. The van der Waals surface area contributed by atoms with Crippen LogP contribution < -0.4 is 0 Å². The van der Waals surface area contributed by atoms with Gasteiger partial charge in [0.1, 0.15) is 11.7 Å². The number of oxime groups is 1. The lowest BCUT2D eigenvalue weighted by molar-refractivity contribution is -0.183. The van der Waals surface area contributed by atoms with Gasteiger partial charge in [0, 0.05) is 18.8 Å². The van der Waals surface area contributed by atoms with E-state index in [1.165, 1.54) is 45.4 Å². The smallest absolute Gasteiger partial charge is 0.302 e. The molecule has 0 spiro atoms. The first-order valence-electron chi connectivity index (χ1n) is 14.1. The Hall–Kier alpha value is -1.10. The Morgan fingerprint density at radius 1 is 1.09 bits per heavy atom. The summed E-state index contributed by atoms with van der Waals surface area (Å²) in [4.78, 5) is 11.6. The van der Waals surface area contributed by atoms with Gasteiger partial charge in [0.15, 0.2) is 0 Å². The molecule has 4 rings (SSSR count). The SMILES string of the molecule is CC(=O)O[C@H]1CC[C@]2(C)[C@@H]3CC[C@@]4(C)[C@@H](CC[C@H]4[C@H](C)CCCC(C)C)[C@H]3C/C(=N\O)[C@]2(O)C1. The monoisotopic (exact) mass is 475 g/mol. The predicted molar refractivity (Wildman–Crippen MR) is 135 cm³/mol. The van der Waals surface area contributed by atoms with Gasteiger partial charge in [-0.05, 0) is 85.9 Å². The summed E-state index contributed by atoms with van der Waals surface area (Å²) in [6.45, 7) is 13.3. The molecule has 5 nitrogen and oxygen atoms in total. The highest BCUT2D eigenvalue weighted by molar-refractivity contribution is 5.94. The standard InChI is InChI=1S/C29H49NO4/c1-18(2)8-7-9-19(3)23-10-11-24-22-16-26(30-33)29(32)17-21(34-20(4)31)12-15-28(29,6)25(22)13-14-27(23,24)5/h18-19,21-25,32-33H,7-17H2,1-6H3/b30-26+/t19-,21+,22-,23+,24+,25-,27-,28-,29-/m1/s1. The Kier molecular flexibility index (Phi) is 7.19. The average Bonchev–Trinajstić information content (AvgIpc) is 3.11. The van der Waals surface area contributed by atoms with Gasteiger partial charge in [-0.25, -0.2) is 0 Å². The number of aliphatic hydroxyl groups is 1. The average molecular weight is 476 g/mol. The summed E-state index contributed by atoms with van der Waals surface area (Å²) in [5, 5.41) is 25.8. The fourth-order valence-corrected chi connectivity index (χ4v) is 9.51. The van der Waals surface area contributed by atoms with Crippen LogP contribution in [-0.2, 0) is 9.53 Å². The zero-order valence-corrected chi connectivity index (χ0v) is 22.5. The van der Waals surface area contributed by atoms with Crippen molar-refractivity contribution in [2.24, 2.45) is 51.5 Å². The molecule has 4 aliphatic rings. The highest BCUT2D eigenvalue weighted by Gasteiger charge is 2.67. The lowest BCUT2D eigenvalue weighted by atomic mass is 9.42. The summed E-state index contributed by atoms with van der Waals surface area (Å²) in [5.41, 5.74) is -0.654. The number of hydrogen-bond acceptors (Lipinski definition) is 5. The normalized spacial score (nSPS) is 46.0. The van der Waals surface area contributed by atoms with Crippen LogP contribution >= 0.6 is 0 Å². The lowest BCUT2D eigenvalue weighted by Gasteiger charge is -2.64. The van der Waals surface area contributed by atoms with Gasteiger partial charge in [0.25, 0.3) is 0 Å². The van der Waals surface area contributed by atoms with Crippen LogP contribution in [0.4, 0.5) is 0 Å². The highest BCUT2D eigenvalue weighted by Crippen LogP contribution is 2.68. The molecular weight excluding hydrogens is 426 g/mol. The summed E-state index contributed by atoms with van der Waals surface area (Å²) in [6.07, 6.45) is 11.2. The molecule has 5 heteroatoms. The van der Waals surface area contributed by atoms with E-state index in [0.717, 1.165) is 37.0 Å². The number of carbonyl (C=O) groups is 1. The molecular formula is C29H49NO4. The minimum Gasteiger partial charge on any atom is -0.462 e. The molecule has 0 aliphatic heterocycles. The fourth-order valence-electron chi connectivity index (χ4n) is 9.51. The molecule has 0 unspecified atom stereocenters. The van der Waals surface area contributed by atoms with Crippen molar-refractivity contribution in [3.8, 4) is 0 Å². The maximum Gasteiger partial charge on any atom is 0.302 e. The van der Waals surface area contributed by atoms with Crippen LogP contribution in [0.15, 0.2) is 5.16 Å². The number of carbonyl (C=O) groups excluding carboxylic acids is 1. The van der Waals surface area contributed by atoms with Crippen molar-refractivity contribution in [2.45, 2.75) is 124 Å². The number of nitrogens with zero attached hydrogens (tertiary/aromatic N) is 1. The van der Waals surface area contributed by atoms with Gasteiger partial charge in [-0.15, -0.1) is 0 Å². The first-order chi connectivity index (χ1) is 16.0. The number of ether oxygens (including phenoxy) is 1. The molecule has 34 heavy (non-hydrogen) atoms. The van der Waals surface area contributed by atoms with Crippen LogP contribution in [0, 0.1) is 46.3 Å². The Morgan fingerprint density at radius 2 is 1.82 bits per heavy atom. The summed E-state index contributed by atoms with van der Waals surface area (Å²) >= 11 is 0. The summed E-state index contributed by atoms with van der Waals surface area (Å²) in [7, 11) is 0. The third-order valence-corrected chi connectivity index (χ3v) is 11.3. The molecule has 4 aliphatic carbocycles. The van der Waals surface area contributed by atoms with E-state index in [1.54, 1.807) is 0 Å². The highest BCUT2D eigenvalue weighted by atomic mass is 16.5. The van der Waals surface area contributed by atoms with E-state index in [4.69, 9.17) is 4.74 Å². The molecule has 0 amide bonds. The van der Waals surface area contributed by atoms with Crippen molar-refractivity contribution in [1.82, 2.24) is 0 Å². The van der Waals surface area contributed by atoms with Gasteiger partial charge in [-0.1, -0.05) is 59.0 Å². The Morgan fingerprint density at radius 3 is 2.47 bits per heavy atom. The molecule has 0 aromatic rings. The van der Waals surface area contributed by atoms with E-state index in [-0.39, 0.29) is 17.5 Å². The topological polar surface area (TPSA) is 79.1 Å². The van der Waals surface area contributed by atoms with Crippen LogP contribution in [-0.4, -0.2) is 33.7 Å². The van der Waals surface area contributed by atoms with Crippen LogP contribution in [0.25, 0.3) is 0 Å². The molecule has 9 atom stereocenters. The van der Waals surface area contributed by atoms with Gasteiger partial charge in [0.05, 0.1) is 5.71 Å². The number of hydrogen-bond donors (Lipinski definition) is 2. The van der Waals surface area contributed by atoms with Crippen molar-refractivity contribution in [3.63, 3.8) is 0 Å². The van der Waals surface area contributed by atoms with Gasteiger partial charge < -0.3 is 15.1 Å². The lowest BCUT2D eigenvalue weighted by Crippen LogP contribution is -2.67. The van der Waals surface area contributed by atoms with Crippen molar-refractivity contribution in [3.05, 3.63) is 0 Å². The van der Waals surface area contributed by atoms with E-state index >= 15 is 0 Å². The first-order valence-corrected chi connectivity index (χ1v) is 14.1. The van der Waals surface area contributed by atoms with Gasteiger partial charge in [-0.3, -0.25) is 4.79 Å². The van der Waals surface area contributed by atoms with Gasteiger partial charge >= 0.3 is 5.97 Å². The molecule has 194 valence electrons. The van der Waals surface area contributed by atoms with Crippen LogP contribution in [0.5, 0.6) is 0 Å². The minimum absolute atomic E-state index is 0.304. The zero-order valence-electron chi connectivity index (χ0n) is 22.5. The van der Waals surface area contributed by atoms with E-state index in [1.807, 2.05) is 0 Å². The maximum atomic E-state index is 12.0. The first kappa shape index (κ1) is 26.0. The van der Waals surface area contributed by atoms with E-state index in [9.17, 15) is 15.1 Å². The fraction of sp³-hybridized carbons (Fsp3) is 0.931. The minimum atomic E-state index is -1.20. The number of rotatable bonds is 6. The van der Waals surface area contributed by atoms with Crippen LogP contribution in [0.2, 0.25) is 0 Å². The molecule has 0 heterocycles. The number of esters is 1. The third kappa shape index (κ3) is 4.12. The van der Waals surface area contributed by atoms with Crippen LogP contribution in [0.1, 0.15) is 112 Å². The molecule has 0 radical (unpaired) electrons. The summed E-state index contributed by atoms with van der Waals surface area (Å²) < 4.78 is 5.52. The van der Waals surface area contributed by atoms with E-state index < -0.39 is 5.60 Å². The Labute approximate surface area is 207 Å². The van der Waals surface area contributed by atoms with Crippen molar-refractivity contribution >= 4 is 11.7 Å². The third-order valence-electron chi connectivity index (χ3n) is 11.3. The zero-order chi connectivity index (χ0) is 24.9. The molecule has 2 N–H and O–H groups in total. The van der Waals surface area contributed by atoms with Crippen LogP contribution in [0.3, 0.4) is 0 Å². The molecule has 0 aromatic carbocycles. The van der Waals surface area contributed by atoms with Gasteiger partial charge in [0.2, 0.25) is 0 Å². The molecule has 4 saturated carbocycles. The second-order valence-electron chi connectivity index (χ2n) is 13.4. The second kappa shape index (κ2) is 9.41.